The van der Waals surface area contributed by atoms with Gasteiger partial charge in [0.25, 0.3) is 0 Å². The van der Waals surface area contributed by atoms with Crippen LogP contribution in [0.2, 0.25) is 5.15 Å². The summed E-state index contributed by atoms with van der Waals surface area (Å²) in [5.74, 6) is 0.200. The van der Waals surface area contributed by atoms with Gasteiger partial charge in [0, 0.05) is 13.2 Å². The van der Waals surface area contributed by atoms with Crippen molar-refractivity contribution in [2.75, 3.05) is 11.9 Å². The lowest BCUT2D eigenvalue weighted by Crippen LogP contribution is -2.28. The van der Waals surface area contributed by atoms with Crippen LogP contribution in [-0.2, 0) is 11.3 Å². The van der Waals surface area contributed by atoms with Crippen molar-refractivity contribution in [1.82, 2.24) is 9.97 Å². The van der Waals surface area contributed by atoms with Crippen molar-refractivity contribution in [3.63, 3.8) is 0 Å². The molecule has 5 nitrogen and oxygen atoms in total. The number of halogens is 1. The molecule has 98 valence electrons. The molecule has 19 heavy (non-hydrogen) atoms. The molecule has 1 aromatic heterocycles. The topological polar surface area (TPSA) is 55.3 Å². The number of carbonyl (C=O) groups is 1. The van der Waals surface area contributed by atoms with Crippen molar-refractivity contribution in [3.8, 4) is 0 Å². The molecule has 1 amide bonds. The van der Waals surface area contributed by atoms with Crippen molar-refractivity contribution >= 4 is 23.6 Å². The number of hydrogen-bond acceptors (Lipinski definition) is 4. The number of rotatable bonds is 3. The Balaban J connectivity index is 1.96. The summed E-state index contributed by atoms with van der Waals surface area (Å²) >= 11 is 5.74. The van der Waals surface area contributed by atoms with Crippen LogP contribution in [0.5, 0.6) is 0 Å². The molecule has 0 fully saturated rings. The van der Waals surface area contributed by atoms with Gasteiger partial charge in [0.2, 0.25) is 5.95 Å². The molecule has 0 aliphatic carbocycles. The zero-order valence-corrected chi connectivity index (χ0v) is 11.0. The van der Waals surface area contributed by atoms with Crippen molar-refractivity contribution in [2.24, 2.45) is 0 Å². The quantitative estimate of drug-likeness (QED) is 0.810. The number of hydrogen-bond donors (Lipinski definition) is 0. The third kappa shape index (κ3) is 3.66. The van der Waals surface area contributed by atoms with Gasteiger partial charge in [-0.15, -0.1) is 0 Å². The van der Waals surface area contributed by atoms with Crippen LogP contribution in [0.4, 0.5) is 10.7 Å². The standard InChI is InChI=1S/C13H12ClN3O2/c1-17(12-15-8-7-11(14)16-12)13(18)19-9-10-5-3-2-4-6-10/h2-8H,9H2,1H3. The van der Waals surface area contributed by atoms with Gasteiger partial charge in [0.1, 0.15) is 11.8 Å². The van der Waals surface area contributed by atoms with Gasteiger partial charge in [0.15, 0.2) is 0 Å². The van der Waals surface area contributed by atoms with Gasteiger partial charge in [0.05, 0.1) is 0 Å². The maximum absolute atomic E-state index is 11.8. The predicted octanol–water partition coefficient (Wildman–Crippen LogP) is 2.90. The number of amides is 1. The second-order valence-electron chi connectivity index (χ2n) is 3.78. The molecule has 0 unspecified atom stereocenters. The van der Waals surface area contributed by atoms with E-state index in [4.69, 9.17) is 16.3 Å². The second-order valence-corrected chi connectivity index (χ2v) is 4.17. The lowest BCUT2D eigenvalue weighted by molar-refractivity contribution is 0.148. The first kappa shape index (κ1) is 13.3. The van der Waals surface area contributed by atoms with E-state index in [1.165, 1.54) is 24.2 Å². The fourth-order valence-corrected chi connectivity index (χ4v) is 1.52. The molecule has 0 saturated carbocycles. The van der Waals surface area contributed by atoms with Crippen LogP contribution in [0.15, 0.2) is 42.6 Å². The van der Waals surface area contributed by atoms with Crippen LogP contribution in [0.3, 0.4) is 0 Å². The summed E-state index contributed by atoms with van der Waals surface area (Å²) in [5.41, 5.74) is 0.913. The fraction of sp³-hybridized carbons (Fsp3) is 0.154. The van der Waals surface area contributed by atoms with Crippen molar-refractivity contribution in [1.29, 1.82) is 0 Å². The number of ether oxygens (including phenoxy) is 1. The number of nitrogens with zero attached hydrogens (tertiary/aromatic N) is 3. The van der Waals surface area contributed by atoms with E-state index >= 15 is 0 Å². The Kier molecular flexibility index (Phi) is 4.30. The molecule has 0 saturated heterocycles. The van der Waals surface area contributed by atoms with Crippen molar-refractivity contribution in [2.45, 2.75) is 6.61 Å². The average Bonchev–Trinajstić information content (AvgIpc) is 2.45. The Morgan fingerprint density at radius 1 is 1.32 bits per heavy atom. The monoisotopic (exact) mass is 277 g/mol. The first-order valence-electron chi connectivity index (χ1n) is 5.60. The molecular formula is C13H12ClN3O2. The minimum atomic E-state index is -0.536. The smallest absolute Gasteiger partial charge is 0.416 e. The Morgan fingerprint density at radius 2 is 2.05 bits per heavy atom. The average molecular weight is 278 g/mol. The predicted molar refractivity (Wildman–Crippen MR) is 72.1 cm³/mol. The number of aromatic nitrogens is 2. The number of anilines is 1. The van der Waals surface area contributed by atoms with Gasteiger partial charge in [-0.1, -0.05) is 41.9 Å². The molecule has 2 aromatic rings. The Morgan fingerprint density at radius 3 is 2.74 bits per heavy atom. The van der Waals surface area contributed by atoms with Gasteiger partial charge in [-0.3, -0.25) is 0 Å². The highest BCUT2D eigenvalue weighted by molar-refractivity contribution is 6.29. The molecule has 0 radical (unpaired) electrons. The highest BCUT2D eigenvalue weighted by Crippen LogP contribution is 2.11. The molecule has 0 aliphatic heterocycles. The van der Waals surface area contributed by atoms with Crippen molar-refractivity contribution < 1.29 is 9.53 Å². The Hall–Kier alpha value is -2.14. The second kappa shape index (κ2) is 6.15. The van der Waals surface area contributed by atoms with E-state index in [2.05, 4.69) is 9.97 Å². The van der Waals surface area contributed by atoms with E-state index in [-0.39, 0.29) is 17.7 Å². The van der Waals surface area contributed by atoms with E-state index < -0.39 is 6.09 Å². The van der Waals surface area contributed by atoms with Crippen LogP contribution in [0.1, 0.15) is 5.56 Å². The third-order valence-electron chi connectivity index (χ3n) is 2.39. The molecule has 6 heteroatoms. The normalized spacial score (nSPS) is 10.0. The maximum Gasteiger partial charge on any atom is 0.416 e. The molecule has 1 aromatic carbocycles. The third-order valence-corrected chi connectivity index (χ3v) is 2.60. The lowest BCUT2D eigenvalue weighted by atomic mass is 10.2. The summed E-state index contributed by atoms with van der Waals surface area (Å²) in [5, 5.41) is 0.271. The summed E-state index contributed by atoms with van der Waals surface area (Å²) in [6.07, 6.45) is 0.942. The van der Waals surface area contributed by atoms with Gasteiger partial charge < -0.3 is 4.74 Å². The molecule has 0 atom stereocenters. The molecule has 0 bridgehead atoms. The van der Waals surface area contributed by atoms with E-state index in [0.29, 0.717) is 0 Å². The lowest BCUT2D eigenvalue weighted by Gasteiger charge is -2.14. The van der Waals surface area contributed by atoms with E-state index in [1.807, 2.05) is 30.3 Å². The maximum atomic E-state index is 11.8. The summed E-state index contributed by atoms with van der Waals surface area (Å²) in [4.78, 5) is 20.9. The molecule has 0 spiro atoms. The van der Waals surface area contributed by atoms with Crippen LogP contribution in [0, 0.1) is 0 Å². The molecule has 2 rings (SSSR count). The van der Waals surface area contributed by atoms with Crippen LogP contribution in [0.25, 0.3) is 0 Å². The SMILES string of the molecule is CN(C(=O)OCc1ccccc1)c1nccc(Cl)n1. The first-order valence-corrected chi connectivity index (χ1v) is 5.97. The molecule has 0 aliphatic rings. The largest absolute Gasteiger partial charge is 0.444 e. The van der Waals surface area contributed by atoms with Gasteiger partial charge in [-0.2, -0.15) is 0 Å². The van der Waals surface area contributed by atoms with E-state index in [1.54, 1.807) is 0 Å². The van der Waals surface area contributed by atoms with Gasteiger partial charge >= 0.3 is 6.09 Å². The van der Waals surface area contributed by atoms with Crippen LogP contribution in [-0.4, -0.2) is 23.1 Å². The highest BCUT2D eigenvalue weighted by atomic mass is 35.5. The summed E-state index contributed by atoms with van der Waals surface area (Å²) < 4.78 is 5.15. The Bertz CT molecular complexity index is 563. The summed E-state index contributed by atoms with van der Waals surface area (Å²) in [7, 11) is 1.53. The van der Waals surface area contributed by atoms with E-state index in [9.17, 15) is 4.79 Å². The molecule has 0 N–H and O–H groups in total. The highest BCUT2D eigenvalue weighted by Gasteiger charge is 2.15. The zero-order valence-electron chi connectivity index (χ0n) is 10.3. The Labute approximate surface area is 115 Å². The minimum Gasteiger partial charge on any atom is -0.444 e. The minimum absolute atomic E-state index is 0.199. The van der Waals surface area contributed by atoms with Gasteiger partial charge in [-0.25, -0.2) is 19.7 Å². The van der Waals surface area contributed by atoms with E-state index in [0.717, 1.165) is 5.56 Å². The summed E-state index contributed by atoms with van der Waals surface area (Å²) in [6.45, 7) is 0.199. The fourth-order valence-electron chi connectivity index (χ4n) is 1.39. The number of benzene rings is 1. The zero-order chi connectivity index (χ0) is 13.7. The van der Waals surface area contributed by atoms with Crippen molar-refractivity contribution in [3.05, 3.63) is 53.3 Å². The number of carbonyl (C=O) groups excluding carboxylic acids is 1. The molecule has 1 heterocycles. The summed E-state index contributed by atoms with van der Waals surface area (Å²) in [6, 6.07) is 11.0. The van der Waals surface area contributed by atoms with Gasteiger partial charge in [-0.05, 0) is 11.6 Å². The molecular weight excluding hydrogens is 266 g/mol. The van der Waals surface area contributed by atoms with Crippen LogP contribution >= 0.6 is 11.6 Å². The first-order chi connectivity index (χ1) is 9.16. The van der Waals surface area contributed by atoms with Crippen LogP contribution < -0.4 is 4.90 Å².